The average molecular weight is 479 g/mol. The van der Waals surface area contributed by atoms with E-state index in [4.69, 9.17) is 26.1 Å². The molecule has 174 valence electrons. The van der Waals surface area contributed by atoms with Gasteiger partial charge in [-0.3, -0.25) is 0 Å². The maximum Gasteiger partial charge on any atom is 0.338 e. The molecule has 0 saturated carbocycles. The molecule has 3 aromatic rings. The minimum Gasteiger partial charge on any atom is -0.508 e. The number of ether oxygens (including phenoxy) is 2. The third-order valence-electron chi connectivity index (χ3n) is 5.03. The summed E-state index contributed by atoms with van der Waals surface area (Å²) in [4.78, 5) is 25.2. The van der Waals surface area contributed by atoms with Gasteiger partial charge in [0.15, 0.2) is 10.9 Å². The zero-order valence-electron chi connectivity index (χ0n) is 18.2. The predicted octanol–water partition coefficient (Wildman–Crippen LogP) is 3.84. The lowest BCUT2D eigenvalue weighted by atomic mass is 9.94. The number of rotatable bonds is 7. The molecule has 1 aromatic heterocycles. The van der Waals surface area contributed by atoms with Gasteiger partial charge in [0.2, 0.25) is 0 Å². The van der Waals surface area contributed by atoms with Gasteiger partial charge in [-0.05, 0) is 61.1 Å². The highest BCUT2D eigenvalue weighted by Crippen LogP contribution is 2.33. The Balaban J connectivity index is 1.65. The molecule has 9 heteroatoms. The lowest BCUT2D eigenvalue weighted by Crippen LogP contribution is -2.45. The van der Waals surface area contributed by atoms with Crippen molar-refractivity contribution in [3.8, 4) is 5.75 Å². The molecule has 1 atom stereocenters. The second kappa shape index (κ2) is 10.2. The van der Waals surface area contributed by atoms with Crippen LogP contribution in [0.4, 0.5) is 0 Å². The topological polar surface area (TPSA) is 110 Å². The summed E-state index contributed by atoms with van der Waals surface area (Å²) >= 11 is 5.36. The fourth-order valence-electron chi connectivity index (χ4n) is 3.53. The first kappa shape index (κ1) is 23.1. The number of furan rings is 1. The molecule has 0 aliphatic carbocycles. The van der Waals surface area contributed by atoms with E-state index in [1.165, 1.54) is 6.07 Å². The summed E-state index contributed by atoms with van der Waals surface area (Å²) in [6, 6.07) is 17.8. The Labute approximate surface area is 201 Å². The first-order valence-electron chi connectivity index (χ1n) is 10.5. The minimum absolute atomic E-state index is 0.0500. The van der Waals surface area contributed by atoms with Gasteiger partial charge in [0, 0.05) is 0 Å². The van der Waals surface area contributed by atoms with E-state index in [1.807, 2.05) is 6.07 Å². The van der Waals surface area contributed by atoms with E-state index >= 15 is 0 Å². The highest BCUT2D eigenvalue weighted by molar-refractivity contribution is 7.80. The van der Waals surface area contributed by atoms with Gasteiger partial charge in [0.1, 0.15) is 18.1 Å². The third kappa shape index (κ3) is 5.10. The number of carbonyl (C=O) groups is 2. The fourth-order valence-corrected chi connectivity index (χ4v) is 3.75. The lowest BCUT2D eigenvalue weighted by Gasteiger charge is -2.30. The minimum atomic E-state index is -0.681. The largest absolute Gasteiger partial charge is 0.508 e. The molecule has 0 amide bonds. The van der Waals surface area contributed by atoms with Gasteiger partial charge in [0.05, 0.1) is 29.5 Å². The summed E-state index contributed by atoms with van der Waals surface area (Å²) in [5, 5.41) is 16.2. The van der Waals surface area contributed by atoms with Crippen molar-refractivity contribution >= 4 is 35.0 Å². The molecule has 2 aromatic carbocycles. The second-order valence-corrected chi connectivity index (χ2v) is 7.75. The molecule has 3 N–H and O–H groups in total. The number of phenolic OH excluding ortho intramolecular Hbond substituents is 1. The van der Waals surface area contributed by atoms with Gasteiger partial charge in [-0.15, -0.1) is 0 Å². The van der Waals surface area contributed by atoms with E-state index in [0.29, 0.717) is 28.3 Å². The Kier molecular flexibility index (Phi) is 6.93. The first-order valence-corrected chi connectivity index (χ1v) is 11.0. The van der Waals surface area contributed by atoms with Gasteiger partial charge < -0.3 is 29.6 Å². The summed E-state index contributed by atoms with van der Waals surface area (Å²) < 4.78 is 16.5. The number of hydrogen-bond donors (Lipinski definition) is 3. The van der Waals surface area contributed by atoms with Gasteiger partial charge in [0.25, 0.3) is 0 Å². The van der Waals surface area contributed by atoms with Gasteiger partial charge in [-0.25, -0.2) is 9.59 Å². The SMILES string of the molecule is CCOC(=O)C1=C(c2ccc(COC(=O)c3ccccc3)o2)NC(=S)NC1c1cccc(O)c1. The molecule has 2 heterocycles. The third-order valence-corrected chi connectivity index (χ3v) is 5.25. The van der Waals surface area contributed by atoms with Crippen molar-refractivity contribution in [2.24, 2.45) is 0 Å². The van der Waals surface area contributed by atoms with Gasteiger partial charge >= 0.3 is 11.9 Å². The van der Waals surface area contributed by atoms with Crippen molar-refractivity contribution < 1.29 is 28.6 Å². The van der Waals surface area contributed by atoms with Crippen molar-refractivity contribution in [2.75, 3.05) is 6.61 Å². The van der Waals surface area contributed by atoms with Crippen molar-refractivity contribution in [3.05, 3.63) is 95.0 Å². The van der Waals surface area contributed by atoms with Crippen LogP contribution in [-0.2, 0) is 20.9 Å². The number of phenols is 1. The summed E-state index contributed by atoms with van der Waals surface area (Å²) in [6.45, 7) is 1.79. The summed E-state index contributed by atoms with van der Waals surface area (Å²) in [7, 11) is 0. The van der Waals surface area contributed by atoms with E-state index < -0.39 is 18.0 Å². The van der Waals surface area contributed by atoms with Crippen LogP contribution in [0.5, 0.6) is 5.75 Å². The van der Waals surface area contributed by atoms with Crippen LogP contribution in [0.2, 0.25) is 0 Å². The molecule has 0 saturated heterocycles. The van der Waals surface area contributed by atoms with Gasteiger partial charge in [-0.1, -0.05) is 30.3 Å². The van der Waals surface area contributed by atoms with E-state index in [9.17, 15) is 14.7 Å². The maximum absolute atomic E-state index is 13.0. The van der Waals surface area contributed by atoms with Crippen LogP contribution in [0, 0.1) is 0 Å². The first-order chi connectivity index (χ1) is 16.5. The molecule has 1 unspecified atom stereocenters. The van der Waals surface area contributed by atoms with Crippen LogP contribution < -0.4 is 10.6 Å². The smallest absolute Gasteiger partial charge is 0.338 e. The molecule has 8 nitrogen and oxygen atoms in total. The fraction of sp³-hybridized carbons (Fsp3) is 0.160. The second-order valence-electron chi connectivity index (χ2n) is 7.34. The summed E-state index contributed by atoms with van der Waals surface area (Å²) in [5.41, 5.74) is 1.62. The molecule has 4 rings (SSSR count). The van der Waals surface area contributed by atoms with Gasteiger partial charge in [-0.2, -0.15) is 0 Å². The van der Waals surface area contributed by atoms with Crippen molar-refractivity contribution in [3.63, 3.8) is 0 Å². The van der Waals surface area contributed by atoms with Crippen molar-refractivity contribution in [2.45, 2.75) is 19.6 Å². The maximum atomic E-state index is 13.0. The van der Waals surface area contributed by atoms with Crippen LogP contribution >= 0.6 is 12.2 Å². The Morgan fingerprint density at radius 1 is 1.03 bits per heavy atom. The zero-order chi connectivity index (χ0) is 24.1. The number of thiocarbonyl (C=S) groups is 1. The van der Waals surface area contributed by atoms with Crippen LogP contribution in [0.1, 0.15) is 40.4 Å². The zero-order valence-corrected chi connectivity index (χ0v) is 19.1. The highest BCUT2D eigenvalue weighted by atomic mass is 32.1. The Morgan fingerprint density at radius 2 is 1.82 bits per heavy atom. The molecule has 1 aliphatic heterocycles. The molecule has 34 heavy (non-hydrogen) atoms. The van der Waals surface area contributed by atoms with Crippen LogP contribution in [0.15, 0.2) is 76.7 Å². The number of carbonyl (C=O) groups excluding carboxylic acids is 2. The Morgan fingerprint density at radius 3 is 2.56 bits per heavy atom. The lowest BCUT2D eigenvalue weighted by molar-refractivity contribution is -0.138. The number of nitrogens with one attached hydrogen (secondary N) is 2. The predicted molar refractivity (Wildman–Crippen MR) is 128 cm³/mol. The molecule has 0 bridgehead atoms. The Bertz CT molecular complexity index is 1250. The average Bonchev–Trinajstić information content (AvgIpc) is 3.31. The molecule has 0 fully saturated rings. The summed E-state index contributed by atoms with van der Waals surface area (Å²) in [6.07, 6.45) is 0. The quantitative estimate of drug-likeness (QED) is 0.345. The molecular weight excluding hydrogens is 456 g/mol. The van der Waals surface area contributed by atoms with E-state index in [2.05, 4.69) is 10.6 Å². The van der Waals surface area contributed by atoms with Crippen LogP contribution in [0.25, 0.3) is 5.70 Å². The number of aromatic hydroxyl groups is 1. The van der Waals surface area contributed by atoms with Crippen molar-refractivity contribution in [1.82, 2.24) is 10.6 Å². The van der Waals surface area contributed by atoms with Crippen LogP contribution in [-0.4, -0.2) is 28.8 Å². The van der Waals surface area contributed by atoms with E-state index in [-0.39, 0.29) is 29.6 Å². The van der Waals surface area contributed by atoms with Crippen molar-refractivity contribution in [1.29, 1.82) is 0 Å². The number of esters is 2. The molecule has 0 spiro atoms. The van der Waals surface area contributed by atoms with E-state index in [0.717, 1.165) is 0 Å². The number of benzene rings is 2. The van der Waals surface area contributed by atoms with E-state index in [1.54, 1.807) is 61.5 Å². The number of hydrogen-bond acceptors (Lipinski definition) is 7. The molecular formula is C25H22N2O6S. The Hall–Kier alpha value is -4.11. The molecule has 1 aliphatic rings. The standard InChI is InChI=1S/C25H22N2O6S/c1-2-31-24(30)20-21(16-9-6-10-17(28)13-16)26-25(34)27-22(20)19-12-11-18(33-19)14-32-23(29)15-7-4-3-5-8-15/h3-13,21,28H,2,14H2,1H3,(H2,26,27,34). The highest BCUT2D eigenvalue weighted by Gasteiger charge is 2.34. The van der Waals surface area contributed by atoms with Crippen LogP contribution in [0.3, 0.4) is 0 Å². The monoisotopic (exact) mass is 478 g/mol. The normalized spacial score (nSPS) is 15.3. The summed E-state index contributed by atoms with van der Waals surface area (Å²) in [5.74, 6) is -0.288. The molecule has 0 radical (unpaired) electrons.